The molecule has 0 radical (unpaired) electrons. The van der Waals surface area contributed by atoms with Gasteiger partial charge in [0, 0.05) is 17.9 Å². The number of hydrogen-bond acceptors (Lipinski definition) is 5. The molecule has 1 aromatic carbocycles. The summed E-state index contributed by atoms with van der Waals surface area (Å²) in [5, 5.41) is 5.05. The van der Waals surface area contributed by atoms with Crippen molar-refractivity contribution in [2.24, 2.45) is 28.8 Å². The van der Waals surface area contributed by atoms with Gasteiger partial charge in [0.1, 0.15) is 24.1 Å². The van der Waals surface area contributed by atoms with Crippen molar-refractivity contribution < 1.29 is 14.4 Å². The Morgan fingerprint density at radius 3 is 2.52 bits per heavy atom. The third-order valence-corrected chi connectivity index (χ3v) is 7.80. The van der Waals surface area contributed by atoms with Crippen molar-refractivity contribution in [2.45, 2.75) is 58.8 Å². The third kappa shape index (κ3) is 7.08. The van der Waals surface area contributed by atoms with E-state index < -0.39 is 5.92 Å². The first kappa shape index (κ1) is 24.3. The standard InChI is InChI=1S/C25H34ClNO3S/c1-3-5-22(27-30-15-17(2)12-18-7-9-21(26)10-8-18)25-23(28)13-20(14-24(25)29)19-6-4-11-31-16-19/h7-10,17,19-20,25H,3-6,11-16H2,1-2H3. The molecule has 1 saturated heterocycles. The summed E-state index contributed by atoms with van der Waals surface area (Å²) in [5.41, 5.74) is 1.82. The number of carbonyl (C=O) groups excluding carboxylic acids is 2. The highest BCUT2D eigenvalue weighted by Gasteiger charge is 2.41. The van der Waals surface area contributed by atoms with Gasteiger partial charge < -0.3 is 4.84 Å². The smallest absolute Gasteiger partial charge is 0.149 e. The fourth-order valence-corrected chi connectivity index (χ4v) is 6.08. The van der Waals surface area contributed by atoms with Gasteiger partial charge in [-0.25, -0.2) is 0 Å². The lowest BCUT2D eigenvalue weighted by atomic mass is 9.72. The molecular weight excluding hydrogens is 430 g/mol. The first-order valence-corrected chi connectivity index (χ1v) is 13.1. The van der Waals surface area contributed by atoms with Crippen molar-refractivity contribution >= 4 is 40.6 Å². The van der Waals surface area contributed by atoms with Crippen LogP contribution in [0.4, 0.5) is 0 Å². The van der Waals surface area contributed by atoms with Crippen LogP contribution in [0.15, 0.2) is 29.4 Å². The summed E-state index contributed by atoms with van der Waals surface area (Å²) < 4.78 is 0. The summed E-state index contributed by atoms with van der Waals surface area (Å²) in [5.74, 6) is 2.66. The van der Waals surface area contributed by atoms with Crippen LogP contribution >= 0.6 is 23.4 Å². The Morgan fingerprint density at radius 1 is 1.19 bits per heavy atom. The van der Waals surface area contributed by atoms with E-state index in [1.54, 1.807) is 0 Å². The molecule has 170 valence electrons. The van der Waals surface area contributed by atoms with Crippen molar-refractivity contribution in [1.82, 2.24) is 0 Å². The van der Waals surface area contributed by atoms with Gasteiger partial charge in [-0.3, -0.25) is 9.59 Å². The number of ketones is 2. The summed E-state index contributed by atoms with van der Waals surface area (Å²) in [6.07, 6.45) is 5.68. The average Bonchev–Trinajstić information content (AvgIpc) is 2.75. The van der Waals surface area contributed by atoms with Crippen molar-refractivity contribution in [3.05, 3.63) is 34.9 Å². The predicted molar refractivity (Wildman–Crippen MR) is 129 cm³/mol. The predicted octanol–water partition coefficient (Wildman–Crippen LogP) is 6.00. The Balaban J connectivity index is 1.57. The lowest BCUT2D eigenvalue weighted by molar-refractivity contribution is -0.135. The molecule has 31 heavy (non-hydrogen) atoms. The fraction of sp³-hybridized carbons (Fsp3) is 0.640. The van der Waals surface area contributed by atoms with E-state index in [9.17, 15) is 9.59 Å². The molecular formula is C25H34ClNO3S. The number of benzene rings is 1. The van der Waals surface area contributed by atoms with Gasteiger partial charge in [-0.15, -0.1) is 0 Å². The van der Waals surface area contributed by atoms with Crippen LogP contribution in [0.2, 0.25) is 5.02 Å². The molecule has 4 nitrogen and oxygen atoms in total. The maximum atomic E-state index is 13.0. The van der Waals surface area contributed by atoms with Crippen LogP contribution in [0.25, 0.3) is 0 Å². The van der Waals surface area contributed by atoms with E-state index in [2.05, 4.69) is 12.1 Å². The summed E-state index contributed by atoms with van der Waals surface area (Å²) in [4.78, 5) is 31.6. The fourth-order valence-electron chi connectivity index (χ4n) is 4.67. The van der Waals surface area contributed by atoms with Gasteiger partial charge in [0.2, 0.25) is 0 Å². The highest BCUT2D eigenvalue weighted by Crippen LogP contribution is 2.37. The summed E-state index contributed by atoms with van der Waals surface area (Å²) in [6, 6.07) is 7.82. The van der Waals surface area contributed by atoms with Crippen LogP contribution in [0.1, 0.15) is 57.9 Å². The van der Waals surface area contributed by atoms with Gasteiger partial charge in [-0.05, 0) is 72.6 Å². The Morgan fingerprint density at radius 2 is 1.90 bits per heavy atom. The topological polar surface area (TPSA) is 55.7 Å². The van der Waals surface area contributed by atoms with Crippen molar-refractivity contribution in [2.75, 3.05) is 18.1 Å². The molecule has 0 spiro atoms. The molecule has 0 bridgehead atoms. The summed E-state index contributed by atoms with van der Waals surface area (Å²) in [6.45, 7) is 4.60. The zero-order valence-electron chi connectivity index (χ0n) is 18.6. The van der Waals surface area contributed by atoms with Crippen molar-refractivity contribution in [1.29, 1.82) is 0 Å². The number of hydrogen-bond donors (Lipinski definition) is 0. The Labute approximate surface area is 195 Å². The van der Waals surface area contributed by atoms with Gasteiger partial charge in [0.25, 0.3) is 0 Å². The van der Waals surface area contributed by atoms with E-state index in [0.717, 1.165) is 30.0 Å². The van der Waals surface area contributed by atoms with Gasteiger partial charge in [-0.2, -0.15) is 11.8 Å². The van der Waals surface area contributed by atoms with Gasteiger partial charge >= 0.3 is 0 Å². The van der Waals surface area contributed by atoms with Gasteiger partial charge in [0.05, 0.1) is 5.71 Å². The molecule has 1 aliphatic heterocycles. The van der Waals surface area contributed by atoms with Crippen molar-refractivity contribution in [3.8, 4) is 0 Å². The third-order valence-electron chi connectivity index (χ3n) is 6.31. The second kappa shape index (κ2) is 12.1. The first-order valence-electron chi connectivity index (χ1n) is 11.5. The SMILES string of the molecule is CCCC(=NOCC(C)Cc1ccc(Cl)cc1)C1C(=O)CC(C2CCCSC2)CC1=O. The van der Waals surface area contributed by atoms with E-state index in [1.807, 2.05) is 43.0 Å². The molecule has 2 atom stereocenters. The van der Waals surface area contributed by atoms with Crippen LogP contribution in [0.5, 0.6) is 0 Å². The molecule has 1 saturated carbocycles. The zero-order valence-corrected chi connectivity index (χ0v) is 20.2. The number of oxime groups is 1. The van der Waals surface area contributed by atoms with Gasteiger partial charge in [-0.1, -0.05) is 49.2 Å². The van der Waals surface area contributed by atoms with E-state index in [1.165, 1.54) is 17.7 Å². The highest BCUT2D eigenvalue weighted by molar-refractivity contribution is 7.99. The molecule has 1 heterocycles. The average molecular weight is 464 g/mol. The molecule has 2 aliphatic rings. The monoisotopic (exact) mass is 463 g/mol. The largest absolute Gasteiger partial charge is 0.396 e. The minimum Gasteiger partial charge on any atom is -0.396 e. The number of carbonyl (C=O) groups is 2. The Hall–Kier alpha value is -1.33. The molecule has 6 heteroatoms. The second-order valence-electron chi connectivity index (χ2n) is 9.08. The normalized spacial score (nSPS) is 26.0. The number of thioether (sulfide) groups is 1. The Bertz CT molecular complexity index is 755. The van der Waals surface area contributed by atoms with Crippen LogP contribution in [-0.4, -0.2) is 35.4 Å². The quantitative estimate of drug-likeness (QED) is 0.256. The van der Waals surface area contributed by atoms with Crippen molar-refractivity contribution in [3.63, 3.8) is 0 Å². The first-order chi connectivity index (χ1) is 15.0. The molecule has 0 N–H and O–H groups in total. The summed E-state index contributed by atoms with van der Waals surface area (Å²) in [7, 11) is 0. The van der Waals surface area contributed by atoms with Crippen LogP contribution in [0, 0.1) is 23.7 Å². The molecule has 2 unspecified atom stereocenters. The molecule has 0 aromatic heterocycles. The lowest BCUT2D eigenvalue weighted by Crippen LogP contribution is -2.41. The van der Waals surface area contributed by atoms with E-state index in [-0.39, 0.29) is 23.4 Å². The maximum Gasteiger partial charge on any atom is 0.149 e. The molecule has 1 aromatic rings. The molecule has 1 aliphatic carbocycles. The van der Waals surface area contributed by atoms with E-state index >= 15 is 0 Å². The van der Waals surface area contributed by atoms with Gasteiger partial charge in [0.15, 0.2) is 0 Å². The van der Waals surface area contributed by atoms with E-state index in [0.29, 0.717) is 37.5 Å². The molecule has 0 amide bonds. The van der Waals surface area contributed by atoms with Crippen LogP contribution in [-0.2, 0) is 20.8 Å². The number of halogens is 1. The Kier molecular flexibility index (Phi) is 9.46. The number of nitrogens with zero attached hydrogens (tertiary/aromatic N) is 1. The number of rotatable bonds is 9. The van der Waals surface area contributed by atoms with E-state index in [4.69, 9.17) is 16.4 Å². The molecule has 3 rings (SSSR count). The van der Waals surface area contributed by atoms with Crippen LogP contribution in [0.3, 0.4) is 0 Å². The minimum absolute atomic E-state index is 0.0434. The minimum atomic E-state index is -0.695. The van der Waals surface area contributed by atoms with Crippen LogP contribution < -0.4 is 0 Å². The summed E-state index contributed by atoms with van der Waals surface area (Å²) >= 11 is 7.90. The number of Topliss-reactive ketones (excluding diaryl/α,β-unsaturated/α-hetero) is 2. The lowest BCUT2D eigenvalue weighted by Gasteiger charge is -2.34. The molecule has 2 fully saturated rings. The zero-order chi connectivity index (χ0) is 22.2. The second-order valence-corrected chi connectivity index (χ2v) is 10.7. The maximum absolute atomic E-state index is 13.0. The highest BCUT2D eigenvalue weighted by atomic mass is 35.5.